The number of halogens is 1. The van der Waals surface area contributed by atoms with E-state index in [4.69, 9.17) is 0 Å². The van der Waals surface area contributed by atoms with Crippen LogP contribution in [0.4, 0.5) is 0 Å². The molecule has 0 N–H and O–H groups in total. The molecule has 2 heteroatoms. The smallest absolute Gasteiger partial charge is 0.0353 e. The number of hydrogen-bond acceptors (Lipinski definition) is 0. The van der Waals surface area contributed by atoms with Crippen LogP contribution in [0.2, 0.25) is 0 Å². The second-order valence-electron chi connectivity index (χ2n) is 3.16. The van der Waals surface area contributed by atoms with Gasteiger partial charge in [0.15, 0.2) is 0 Å². The second kappa shape index (κ2) is 14.3. The molecule has 0 heterocycles. The van der Waals surface area contributed by atoms with E-state index in [0.29, 0.717) is 0 Å². The maximum absolute atomic E-state index is 2.28. The van der Waals surface area contributed by atoms with E-state index in [1.165, 1.54) is 59.4 Å². The third kappa shape index (κ3) is 13.3. The fourth-order valence-electron chi connectivity index (χ4n) is 1.12. The summed E-state index contributed by atoms with van der Waals surface area (Å²) >= 11 is 0. The van der Waals surface area contributed by atoms with Gasteiger partial charge in [0, 0.05) is 0 Å². The van der Waals surface area contributed by atoms with Crippen LogP contribution in [0.1, 0.15) is 52.4 Å². The highest BCUT2D eigenvalue weighted by Gasteiger charge is 1.88. The molecule has 0 atom stereocenters. The minimum absolute atomic E-state index is 0. The topological polar surface area (TPSA) is 0 Å². The van der Waals surface area contributed by atoms with Gasteiger partial charge in [0.1, 0.15) is 0 Å². The Morgan fingerprint density at radius 3 is 1.50 bits per heavy atom. The highest BCUT2D eigenvalue weighted by atomic mass is 35.5. The molecule has 0 aliphatic carbocycles. The number of unbranched alkanes of at least 4 members (excludes halogenated alkanes) is 4. The zero-order valence-electron chi connectivity index (χ0n) is 8.57. The maximum Gasteiger partial charge on any atom is -0.0353 e. The summed E-state index contributed by atoms with van der Waals surface area (Å²) in [6.07, 6.45) is 11.6. The molecule has 76 valence electrons. The van der Waals surface area contributed by atoms with Gasteiger partial charge in [-0.15, -0.1) is 21.0 Å². The van der Waals surface area contributed by atoms with Crippen molar-refractivity contribution >= 4 is 21.0 Å². The lowest BCUT2D eigenvalue weighted by Gasteiger charge is -1.99. The summed E-state index contributed by atoms with van der Waals surface area (Å²) in [5.41, 5.74) is 0. The fourth-order valence-corrected chi connectivity index (χ4v) is 2.37. The third-order valence-corrected chi connectivity index (χ3v) is 3.33. The number of rotatable bonds is 8. The van der Waals surface area contributed by atoms with Crippen molar-refractivity contribution in [3.8, 4) is 0 Å². The SMILES string of the molecule is CCCCCPCCCCC.Cl. The summed E-state index contributed by atoms with van der Waals surface area (Å²) in [7, 11) is 1.25. The Morgan fingerprint density at radius 2 is 1.17 bits per heavy atom. The van der Waals surface area contributed by atoms with E-state index in [9.17, 15) is 0 Å². The first kappa shape index (κ1) is 15.2. The van der Waals surface area contributed by atoms with Crippen molar-refractivity contribution < 1.29 is 0 Å². The minimum Gasteiger partial charge on any atom is -0.147 e. The van der Waals surface area contributed by atoms with Crippen molar-refractivity contribution in [2.45, 2.75) is 52.4 Å². The first-order valence-corrected chi connectivity index (χ1v) is 6.54. The van der Waals surface area contributed by atoms with Crippen LogP contribution in [0.5, 0.6) is 0 Å². The van der Waals surface area contributed by atoms with E-state index in [1.54, 1.807) is 0 Å². The molecule has 0 aromatic heterocycles. The molecular weight excluding hydrogens is 187 g/mol. The van der Waals surface area contributed by atoms with Crippen LogP contribution < -0.4 is 0 Å². The lowest BCUT2D eigenvalue weighted by Crippen LogP contribution is -1.81. The normalized spacial score (nSPS) is 9.50. The van der Waals surface area contributed by atoms with E-state index in [0.717, 1.165) is 0 Å². The van der Waals surface area contributed by atoms with Crippen molar-refractivity contribution in [3.63, 3.8) is 0 Å². The van der Waals surface area contributed by atoms with Gasteiger partial charge in [0.05, 0.1) is 0 Å². The van der Waals surface area contributed by atoms with Crippen molar-refractivity contribution in [2.75, 3.05) is 12.3 Å². The van der Waals surface area contributed by atoms with Gasteiger partial charge in [0.2, 0.25) is 0 Å². The summed E-state index contributed by atoms with van der Waals surface area (Å²) in [5, 5.41) is 0. The van der Waals surface area contributed by atoms with Crippen LogP contribution >= 0.6 is 21.0 Å². The minimum atomic E-state index is 0. The van der Waals surface area contributed by atoms with Gasteiger partial charge >= 0.3 is 0 Å². The molecule has 0 fully saturated rings. The average molecular weight is 211 g/mol. The van der Waals surface area contributed by atoms with Gasteiger partial charge in [-0.1, -0.05) is 39.5 Å². The molecule has 0 aliphatic rings. The molecule has 0 saturated heterocycles. The second-order valence-corrected chi connectivity index (χ2v) is 4.66. The van der Waals surface area contributed by atoms with Crippen LogP contribution in [0.15, 0.2) is 0 Å². The zero-order chi connectivity index (χ0) is 8.36. The summed E-state index contributed by atoms with van der Waals surface area (Å²) in [4.78, 5) is 0. The summed E-state index contributed by atoms with van der Waals surface area (Å²) in [6, 6.07) is 0. The maximum atomic E-state index is 2.28. The zero-order valence-corrected chi connectivity index (χ0v) is 10.4. The third-order valence-electron chi connectivity index (χ3n) is 1.91. The van der Waals surface area contributed by atoms with E-state index in [1.807, 2.05) is 0 Å². The monoisotopic (exact) mass is 210 g/mol. The predicted octanol–water partition coefficient (Wildman–Crippen LogP) is 4.47. The Morgan fingerprint density at radius 1 is 0.750 bits per heavy atom. The summed E-state index contributed by atoms with van der Waals surface area (Å²) in [5.74, 6) is 0. The molecule has 0 nitrogen and oxygen atoms in total. The van der Waals surface area contributed by atoms with Crippen molar-refractivity contribution in [1.82, 2.24) is 0 Å². The van der Waals surface area contributed by atoms with Crippen LogP contribution in [-0.4, -0.2) is 12.3 Å². The van der Waals surface area contributed by atoms with Gasteiger partial charge in [-0.3, -0.25) is 0 Å². The van der Waals surface area contributed by atoms with E-state index in [-0.39, 0.29) is 12.4 Å². The van der Waals surface area contributed by atoms with Gasteiger partial charge in [0.25, 0.3) is 0 Å². The molecule has 0 aromatic rings. The van der Waals surface area contributed by atoms with Gasteiger partial charge in [-0.2, -0.15) is 0 Å². The Hall–Kier alpha value is 0.720. The van der Waals surface area contributed by atoms with Gasteiger partial charge in [-0.05, 0) is 25.2 Å². The molecule has 0 bridgehead atoms. The van der Waals surface area contributed by atoms with Gasteiger partial charge in [-0.25, -0.2) is 0 Å². The molecule has 0 aromatic carbocycles. The average Bonchev–Trinajstić information content (AvgIpc) is 2.03. The van der Waals surface area contributed by atoms with Crippen LogP contribution in [-0.2, 0) is 0 Å². The molecule has 0 amide bonds. The van der Waals surface area contributed by atoms with Gasteiger partial charge < -0.3 is 0 Å². The van der Waals surface area contributed by atoms with E-state index in [2.05, 4.69) is 13.8 Å². The van der Waals surface area contributed by atoms with E-state index < -0.39 is 0 Å². The van der Waals surface area contributed by atoms with E-state index >= 15 is 0 Å². The number of hydrogen-bond donors (Lipinski definition) is 0. The molecular formula is C10H24ClP. The molecule has 0 aliphatic heterocycles. The Bertz CT molecular complexity index is 58.9. The van der Waals surface area contributed by atoms with Crippen molar-refractivity contribution in [1.29, 1.82) is 0 Å². The molecule has 12 heavy (non-hydrogen) atoms. The highest BCUT2D eigenvalue weighted by Crippen LogP contribution is 2.15. The van der Waals surface area contributed by atoms with Crippen LogP contribution in [0, 0.1) is 0 Å². The fraction of sp³-hybridized carbons (Fsp3) is 1.00. The lowest BCUT2D eigenvalue weighted by molar-refractivity contribution is 0.765. The summed E-state index contributed by atoms with van der Waals surface area (Å²) < 4.78 is 0. The van der Waals surface area contributed by atoms with Crippen molar-refractivity contribution in [2.24, 2.45) is 0 Å². The predicted molar refractivity (Wildman–Crippen MR) is 64.3 cm³/mol. The van der Waals surface area contributed by atoms with Crippen LogP contribution in [0.3, 0.4) is 0 Å². The molecule has 0 unspecified atom stereocenters. The largest absolute Gasteiger partial charge is 0.147 e. The van der Waals surface area contributed by atoms with Crippen molar-refractivity contribution in [3.05, 3.63) is 0 Å². The quantitative estimate of drug-likeness (QED) is 0.410. The Kier molecular flexibility index (Phi) is 18.1. The molecule has 0 spiro atoms. The molecule has 0 radical (unpaired) electrons. The standard InChI is InChI=1S/C10H23P.ClH/c1-3-5-7-9-11-10-8-6-4-2;/h11H,3-10H2,1-2H3;1H. The van der Waals surface area contributed by atoms with Crippen LogP contribution in [0.25, 0.3) is 0 Å². The summed E-state index contributed by atoms with van der Waals surface area (Å²) in [6.45, 7) is 4.56. The highest BCUT2D eigenvalue weighted by molar-refractivity contribution is 7.37. The molecule has 0 rings (SSSR count). The Balaban J connectivity index is 0. The Labute approximate surface area is 86.1 Å². The molecule has 0 saturated carbocycles. The lowest BCUT2D eigenvalue weighted by atomic mass is 10.3. The first-order valence-electron chi connectivity index (χ1n) is 5.12. The first-order chi connectivity index (χ1) is 5.41.